The Hall–Kier alpha value is -2.37. The van der Waals surface area contributed by atoms with E-state index in [-0.39, 0.29) is 23.3 Å². The van der Waals surface area contributed by atoms with Crippen LogP contribution >= 0.6 is 0 Å². The summed E-state index contributed by atoms with van der Waals surface area (Å²) in [6.07, 6.45) is 2.98. The Bertz CT molecular complexity index is 715. The van der Waals surface area contributed by atoms with Crippen molar-refractivity contribution in [3.05, 3.63) is 35.4 Å². The van der Waals surface area contributed by atoms with Gasteiger partial charge in [0.1, 0.15) is 5.54 Å². The molecule has 1 spiro atoms. The van der Waals surface area contributed by atoms with Gasteiger partial charge in [-0.25, -0.2) is 4.79 Å². The molecule has 0 aromatic heterocycles. The van der Waals surface area contributed by atoms with E-state index in [9.17, 15) is 14.4 Å². The van der Waals surface area contributed by atoms with Crippen LogP contribution in [0.15, 0.2) is 24.3 Å². The highest BCUT2D eigenvalue weighted by molar-refractivity contribution is 6.07. The fourth-order valence-corrected chi connectivity index (χ4v) is 3.41. The van der Waals surface area contributed by atoms with E-state index in [1.54, 1.807) is 0 Å². The van der Waals surface area contributed by atoms with Gasteiger partial charge in [0.2, 0.25) is 0 Å². The fourth-order valence-electron chi connectivity index (χ4n) is 3.41. The van der Waals surface area contributed by atoms with Crippen LogP contribution in [0.25, 0.3) is 0 Å². The Morgan fingerprint density at radius 1 is 1.19 bits per heavy atom. The van der Waals surface area contributed by atoms with Crippen molar-refractivity contribution in [2.24, 2.45) is 0 Å². The molecule has 1 heterocycles. The van der Waals surface area contributed by atoms with Crippen molar-refractivity contribution >= 4 is 17.8 Å². The van der Waals surface area contributed by atoms with Gasteiger partial charge in [0, 0.05) is 18.7 Å². The molecule has 1 aliphatic carbocycles. The summed E-state index contributed by atoms with van der Waals surface area (Å²) in [7, 11) is 0. The summed E-state index contributed by atoms with van der Waals surface area (Å²) in [5.41, 5.74) is 1.21. The van der Waals surface area contributed by atoms with Crippen LogP contribution in [-0.2, 0) is 10.2 Å². The third kappa shape index (κ3) is 3.45. The average Bonchev–Trinajstić information content (AvgIpc) is 2.82. The van der Waals surface area contributed by atoms with Gasteiger partial charge in [-0.05, 0) is 48.8 Å². The lowest BCUT2D eigenvalue weighted by Crippen LogP contribution is -2.52. The minimum absolute atomic E-state index is 0.0512. The van der Waals surface area contributed by atoms with Crippen LogP contribution < -0.4 is 10.6 Å². The SMILES string of the molecule is CC(C)(C)c1ccc(C(=O)NCCCN2C(=O)NC3(CCC3)C2=O)cc1. The molecule has 1 saturated heterocycles. The van der Waals surface area contributed by atoms with Crippen LogP contribution in [-0.4, -0.2) is 41.4 Å². The number of nitrogens with zero attached hydrogens (tertiary/aromatic N) is 1. The first kappa shape index (κ1) is 18.4. The second kappa shape index (κ2) is 6.74. The number of hydrogen-bond donors (Lipinski definition) is 2. The summed E-state index contributed by atoms with van der Waals surface area (Å²) in [5, 5.41) is 5.66. The van der Waals surface area contributed by atoms with Gasteiger partial charge >= 0.3 is 6.03 Å². The van der Waals surface area contributed by atoms with Crippen LogP contribution in [0.2, 0.25) is 0 Å². The highest BCUT2D eigenvalue weighted by Crippen LogP contribution is 2.37. The quantitative estimate of drug-likeness (QED) is 0.628. The third-order valence-electron chi connectivity index (χ3n) is 5.31. The molecule has 2 N–H and O–H groups in total. The van der Waals surface area contributed by atoms with Crippen molar-refractivity contribution < 1.29 is 14.4 Å². The summed E-state index contributed by atoms with van der Waals surface area (Å²) in [4.78, 5) is 37.8. The van der Waals surface area contributed by atoms with Gasteiger partial charge in [-0.1, -0.05) is 32.9 Å². The zero-order valence-corrected chi connectivity index (χ0v) is 15.7. The number of urea groups is 1. The number of rotatable bonds is 5. The number of benzene rings is 1. The topological polar surface area (TPSA) is 78.5 Å². The van der Waals surface area contributed by atoms with Gasteiger partial charge in [-0.2, -0.15) is 0 Å². The maximum Gasteiger partial charge on any atom is 0.325 e. The molecule has 1 aliphatic heterocycles. The molecule has 2 fully saturated rings. The largest absolute Gasteiger partial charge is 0.352 e. The molecule has 0 radical (unpaired) electrons. The van der Waals surface area contributed by atoms with Gasteiger partial charge in [0.05, 0.1) is 0 Å². The summed E-state index contributed by atoms with van der Waals surface area (Å²) < 4.78 is 0. The smallest absolute Gasteiger partial charge is 0.325 e. The molecular weight excluding hydrogens is 330 g/mol. The number of carbonyl (C=O) groups excluding carboxylic acids is 3. The van der Waals surface area contributed by atoms with E-state index < -0.39 is 5.54 Å². The summed E-state index contributed by atoms with van der Waals surface area (Å²) in [6.45, 7) is 7.14. The van der Waals surface area contributed by atoms with E-state index in [1.807, 2.05) is 24.3 Å². The molecule has 0 bridgehead atoms. The molecule has 0 atom stereocenters. The molecule has 1 saturated carbocycles. The third-order valence-corrected chi connectivity index (χ3v) is 5.31. The first-order valence-corrected chi connectivity index (χ1v) is 9.26. The average molecular weight is 357 g/mol. The monoisotopic (exact) mass is 357 g/mol. The lowest BCUT2D eigenvalue weighted by atomic mass is 9.77. The van der Waals surface area contributed by atoms with E-state index in [4.69, 9.17) is 0 Å². The molecule has 3 rings (SSSR count). The number of carbonyl (C=O) groups is 3. The minimum atomic E-state index is -0.630. The lowest BCUT2D eigenvalue weighted by Gasteiger charge is -2.34. The van der Waals surface area contributed by atoms with Crippen molar-refractivity contribution in [2.45, 2.75) is 57.4 Å². The Morgan fingerprint density at radius 2 is 1.85 bits per heavy atom. The molecule has 6 nitrogen and oxygen atoms in total. The fraction of sp³-hybridized carbons (Fsp3) is 0.550. The van der Waals surface area contributed by atoms with Gasteiger partial charge < -0.3 is 10.6 Å². The second-order valence-electron chi connectivity index (χ2n) is 8.26. The Balaban J connectivity index is 1.46. The summed E-state index contributed by atoms with van der Waals surface area (Å²) in [6, 6.07) is 7.29. The van der Waals surface area contributed by atoms with E-state index in [0.717, 1.165) is 19.3 Å². The van der Waals surface area contributed by atoms with Crippen molar-refractivity contribution in [3.63, 3.8) is 0 Å². The maximum absolute atomic E-state index is 12.3. The van der Waals surface area contributed by atoms with Crippen molar-refractivity contribution in [1.29, 1.82) is 0 Å². The van der Waals surface area contributed by atoms with Crippen LogP contribution in [0.5, 0.6) is 0 Å². The lowest BCUT2D eigenvalue weighted by molar-refractivity contribution is -0.134. The normalized spacial score (nSPS) is 18.7. The van der Waals surface area contributed by atoms with Crippen LogP contribution in [0, 0.1) is 0 Å². The number of nitrogens with one attached hydrogen (secondary N) is 2. The van der Waals surface area contributed by atoms with Crippen LogP contribution in [0.3, 0.4) is 0 Å². The highest BCUT2D eigenvalue weighted by atomic mass is 16.2. The number of hydrogen-bond acceptors (Lipinski definition) is 3. The van der Waals surface area contributed by atoms with Crippen molar-refractivity contribution in [3.8, 4) is 0 Å². The standard InChI is InChI=1S/C20H27N3O3/c1-19(2,3)15-8-6-14(7-9-15)16(24)21-12-5-13-23-17(25)20(10-4-11-20)22-18(23)26/h6-9H,4-5,10-13H2,1-3H3,(H,21,24)(H,22,26). The zero-order chi connectivity index (χ0) is 18.9. The van der Waals surface area contributed by atoms with Gasteiger partial charge in [-0.3, -0.25) is 14.5 Å². The maximum atomic E-state index is 12.3. The predicted molar refractivity (Wildman–Crippen MR) is 98.9 cm³/mol. The molecule has 1 aromatic carbocycles. The Labute approximate surface area is 154 Å². The summed E-state index contributed by atoms with van der Waals surface area (Å²) in [5.74, 6) is -0.254. The van der Waals surface area contributed by atoms with Gasteiger partial charge in [-0.15, -0.1) is 0 Å². The molecule has 4 amide bonds. The van der Waals surface area contributed by atoms with Crippen molar-refractivity contribution in [1.82, 2.24) is 15.5 Å². The van der Waals surface area contributed by atoms with E-state index in [0.29, 0.717) is 25.1 Å². The van der Waals surface area contributed by atoms with Crippen LogP contribution in [0.1, 0.15) is 62.4 Å². The van der Waals surface area contributed by atoms with Gasteiger partial charge in [0.15, 0.2) is 0 Å². The predicted octanol–water partition coefficient (Wildman–Crippen LogP) is 2.58. The molecule has 2 aliphatic rings. The van der Waals surface area contributed by atoms with E-state index in [1.165, 1.54) is 10.5 Å². The number of imide groups is 1. The molecule has 140 valence electrons. The highest BCUT2D eigenvalue weighted by Gasteiger charge is 2.54. The van der Waals surface area contributed by atoms with E-state index in [2.05, 4.69) is 31.4 Å². The first-order valence-electron chi connectivity index (χ1n) is 9.26. The van der Waals surface area contributed by atoms with E-state index >= 15 is 0 Å². The number of amides is 4. The molecule has 1 aromatic rings. The second-order valence-corrected chi connectivity index (χ2v) is 8.26. The molecule has 26 heavy (non-hydrogen) atoms. The van der Waals surface area contributed by atoms with Crippen molar-refractivity contribution in [2.75, 3.05) is 13.1 Å². The molecule has 0 unspecified atom stereocenters. The van der Waals surface area contributed by atoms with Gasteiger partial charge in [0.25, 0.3) is 11.8 Å². The zero-order valence-electron chi connectivity index (χ0n) is 15.7. The first-order chi connectivity index (χ1) is 12.2. The summed E-state index contributed by atoms with van der Waals surface area (Å²) >= 11 is 0. The Kier molecular flexibility index (Phi) is 4.78. The Morgan fingerprint density at radius 3 is 2.35 bits per heavy atom. The minimum Gasteiger partial charge on any atom is -0.352 e. The van der Waals surface area contributed by atoms with Crippen LogP contribution in [0.4, 0.5) is 4.79 Å². The molecular formula is C20H27N3O3. The molecule has 6 heteroatoms.